The Labute approximate surface area is 132 Å². The van der Waals surface area contributed by atoms with Crippen molar-refractivity contribution in [1.29, 1.82) is 0 Å². The summed E-state index contributed by atoms with van der Waals surface area (Å²) in [6, 6.07) is 6.46. The molecule has 0 aromatic heterocycles. The van der Waals surface area contributed by atoms with Crippen LogP contribution in [0.3, 0.4) is 0 Å². The SMILES string of the molecule is CC1CCCCN1CCCNCc1cc(Cl)cc(Cl)c1. The molecule has 0 saturated carbocycles. The van der Waals surface area contributed by atoms with Crippen molar-refractivity contribution in [1.82, 2.24) is 10.2 Å². The van der Waals surface area contributed by atoms with E-state index in [9.17, 15) is 0 Å². The summed E-state index contributed by atoms with van der Waals surface area (Å²) in [4.78, 5) is 2.61. The van der Waals surface area contributed by atoms with Crippen molar-refractivity contribution >= 4 is 23.2 Å². The molecule has 0 radical (unpaired) electrons. The van der Waals surface area contributed by atoms with Gasteiger partial charge in [0.05, 0.1) is 0 Å². The molecule has 1 N–H and O–H groups in total. The van der Waals surface area contributed by atoms with Gasteiger partial charge in [0.15, 0.2) is 0 Å². The molecule has 1 unspecified atom stereocenters. The monoisotopic (exact) mass is 314 g/mol. The van der Waals surface area contributed by atoms with Crippen molar-refractivity contribution in [3.63, 3.8) is 0 Å². The van der Waals surface area contributed by atoms with E-state index in [1.807, 2.05) is 12.1 Å². The fourth-order valence-electron chi connectivity index (χ4n) is 2.84. The molecule has 1 aromatic rings. The molecule has 1 aliphatic rings. The van der Waals surface area contributed by atoms with Gasteiger partial charge in [-0.2, -0.15) is 0 Å². The molecule has 0 bridgehead atoms. The molecule has 1 aromatic carbocycles. The summed E-state index contributed by atoms with van der Waals surface area (Å²) in [5.74, 6) is 0. The first-order valence-corrected chi connectivity index (χ1v) is 8.30. The lowest BCUT2D eigenvalue weighted by atomic mass is 10.0. The Morgan fingerprint density at radius 1 is 1.20 bits per heavy atom. The molecular formula is C16H24Cl2N2. The number of hydrogen-bond donors (Lipinski definition) is 1. The van der Waals surface area contributed by atoms with Crippen LogP contribution >= 0.6 is 23.2 Å². The van der Waals surface area contributed by atoms with Crippen molar-refractivity contribution in [2.24, 2.45) is 0 Å². The zero-order valence-electron chi connectivity index (χ0n) is 12.2. The third kappa shape index (κ3) is 5.25. The van der Waals surface area contributed by atoms with E-state index >= 15 is 0 Å². The molecule has 1 aliphatic heterocycles. The maximum absolute atomic E-state index is 5.99. The van der Waals surface area contributed by atoms with E-state index in [0.29, 0.717) is 10.0 Å². The molecule has 4 heteroatoms. The summed E-state index contributed by atoms with van der Waals surface area (Å²) >= 11 is 12.0. The summed E-state index contributed by atoms with van der Waals surface area (Å²) in [6.45, 7) is 6.68. The van der Waals surface area contributed by atoms with Crippen LogP contribution in [-0.4, -0.2) is 30.6 Å². The van der Waals surface area contributed by atoms with Gasteiger partial charge in [0, 0.05) is 22.6 Å². The fraction of sp³-hybridized carbons (Fsp3) is 0.625. The van der Waals surface area contributed by atoms with Crippen molar-refractivity contribution in [2.75, 3.05) is 19.6 Å². The van der Waals surface area contributed by atoms with Crippen molar-refractivity contribution in [3.05, 3.63) is 33.8 Å². The van der Waals surface area contributed by atoms with Crippen molar-refractivity contribution in [2.45, 2.75) is 45.2 Å². The van der Waals surface area contributed by atoms with Crippen LogP contribution < -0.4 is 5.32 Å². The molecule has 1 heterocycles. The first kappa shape index (κ1) is 16.1. The number of rotatable bonds is 6. The molecule has 1 fully saturated rings. The Bertz CT molecular complexity index is 403. The number of likely N-dealkylation sites (tertiary alicyclic amines) is 1. The Kier molecular flexibility index (Phi) is 6.63. The number of nitrogens with one attached hydrogen (secondary N) is 1. The van der Waals surface area contributed by atoms with Gasteiger partial charge < -0.3 is 10.2 Å². The minimum atomic E-state index is 0.705. The largest absolute Gasteiger partial charge is 0.313 e. The molecule has 1 atom stereocenters. The van der Waals surface area contributed by atoms with Crippen LogP contribution in [0.2, 0.25) is 10.0 Å². The molecule has 0 amide bonds. The minimum Gasteiger partial charge on any atom is -0.313 e. The second kappa shape index (κ2) is 8.23. The van der Waals surface area contributed by atoms with Gasteiger partial charge in [-0.3, -0.25) is 0 Å². The predicted molar refractivity (Wildman–Crippen MR) is 87.7 cm³/mol. The van der Waals surface area contributed by atoms with Crippen LogP contribution in [0.25, 0.3) is 0 Å². The van der Waals surface area contributed by atoms with Crippen molar-refractivity contribution < 1.29 is 0 Å². The molecule has 2 nitrogen and oxygen atoms in total. The van der Waals surface area contributed by atoms with E-state index in [4.69, 9.17) is 23.2 Å². The number of halogens is 2. The number of piperidine rings is 1. The Morgan fingerprint density at radius 2 is 1.95 bits per heavy atom. The van der Waals surface area contributed by atoms with Crippen LogP contribution in [0, 0.1) is 0 Å². The number of hydrogen-bond acceptors (Lipinski definition) is 2. The van der Waals surface area contributed by atoms with Gasteiger partial charge in [-0.1, -0.05) is 29.6 Å². The average Bonchev–Trinajstić information content (AvgIpc) is 2.39. The van der Waals surface area contributed by atoms with E-state index < -0.39 is 0 Å². The second-order valence-corrected chi connectivity index (χ2v) is 6.56. The van der Waals surface area contributed by atoms with E-state index in [2.05, 4.69) is 17.1 Å². The van der Waals surface area contributed by atoms with Crippen LogP contribution in [0.4, 0.5) is 0 Å². The maximum atomic E-state index is 5.99. The summed E-state index contributed by atoms with van der Waals surface area (Å²) in [7, 11) is 0. The molecule has 0 aliphatic carbocycles. The van der Waals surface area contributed by atoms with Gasteiger partial charge in [-0.05, 0) is 69.6 Å². The zero-order valence-corrected chi connectivity index (χ0v) is 13.7. The summed E-state index contributed by atoms with van der Waals surface area (Å²) in [6.07, 6.45) is 5.30. The lowest BCUT2D eigenvalue weighted by Gasteiger charge is -2.33. The third-order valence-electron chi connectivity index (χ3n) is 3.99. The number of nitrogens with zero attached hydrogens (tertiary/aromatic N) is 1. The molecule has 112 valence electrons. The first-order valence-electron chi connectivity index (χ1n) is 7.55. The highest BCUT2D eigenvalue weighted by Crippen LogP contribution is 2.19. The van der Waals surface area contributed by atoms with Crippen LogP contribution in [-0.2, 0) is 6.54 Å². The standard InChI is InChI=1S/C16H24Cl2N2/c1-13-5-2-3-7-20(13)8-4-6-19-12-14-9-15(17)11-16(18)10-14/h9-11,13,19H,2-8,12H2,1H3. The van der Waals surface area contributed by atoms with E-state index in [0.717, 1.165) is 24.7 Å². The van der Waals surface area contributed by atoms with Gasteiger partial charge >= 0.3 is 0 Å². The summed E-state index contributed by atoms with van der Waals surface area (Å²) < 4.78 is 0. The van der Waals surface area contributed by atoms with Gasteiger partial charge in [-0.15, -0.1) is 0 Å². The molecular weight excluding hydrogens is 291 g/mol. The van der Waals surface area contributed by atoms with Gasteiger partial charge in [-0.25, -0.2) is 0 Å². The van der Waals surface area contributed by atoms with Gasteiger partial charge in [0.1, 0.15) is 0 Å². The van der Waals surface area contributed by atoms with E-state index in [1.165, 1.54) is 38.8 Å². The molecule has 20 heavy (non-hydrogen) atoms. The second-order valence-electron chi connectivity index (χ2n) is 5.69. The quantitative estimate of drug-likeness (QED) is 0.785. The fourth-order valence-corrected chi connectivity index (χ4v) is 3.41. The summed E-state index contributed by atoms with van der Waals surface area (Å²) in [5, 5.41) is 4.88. The summed E-state index contributed by atoms with van der Waals surface area (Å²) in [5.41, 5.74) is 1.15. The topological polar surface area (TPSA) is 15.3 Å². The highest BCUT2D eigenvalue weighted by Gasteiger charge is 2.16. The van der Waals surface area contributed by atoms with E-state index in [-0.39, 0.29) is 0 Å². The maximum Gasteiger partial charge on any atom is 0.0424 e. The Balaban J connectivity index is 1.63. The van der Waals surface area contributed by atoms with Crippen LogP contribution in [0.15, 0.2) is 18.2 Å². The lowest BCUT2D eigenvalue weighted by molar-refractivity contribution is 0.159. The Hall–Kier alpha value is -0.280. The first-order chi connectivity index (χ1) is 9.65. The number of benzene rings is 1. The average molecular weight is 315 g/mol. The van der Waals surface area contributed by atoms with Crippen molar-refractivity contribution in [3.8, 4) is 0 Å². The Morgan fingerprint density at radius 3 is 2.65 bits per heavy atom. The zero-order chi connectivity index (χ0) is 14.4. The van der Waals surface area contributed by atoms with Crippen LogP contribution in [0.5, 0.6) is 0 Å². The van der Waals surface area contributed by atoms with Crippen LogP contribution in [0.1, 0.15) is 38.2 Å². The highest BCUT2D eigenvalue weighted by atomic mass is 35.5. The van der Waals surface area contributed by atoms with Gasteiger partial charge in [0.2, 0.25) is 0 Å². The normalized spacial score (nSPS) is 20.2. The highest BCUT2D eigenvalue weighted by molar-refractivity contribution is 6.34. The molecule has 2 rings (SSSR count). The third-order valence-corrected chi connectivity index (χ3v) is 4.43. The minimum absolute atomic E-state index is 0.705. The van der Waals surface area contributed by atoms with Gasteiger partial charge in [0.25, 0.3) is 0 Å². The predicted octanol–water partition coefficient (Wildman–Crippen LogP) is 4.35. The smallest absolute Gasteiger partial charge is 0.0424 e. The molecule has 0 spiro atoms. The lowest BCUT2D eigenvalue weighted by Crippen LogP contribution is -2.38. The molecule has 1 saturated heterocycles. The van der Waals surface area contributed by atoms with E-state index in [1.54, 1.807) is 6.07 Å².